The highest BCUT2D eigenvalue weighted by molar-refractivity contribution is 5.80. The fourth-order valence-corrected chi connectivity index (χ4v) is 2.02. The van der Waals surface area contributed by atoms with Gasteiger partial charge in [-0.25, -0.2) is 0 Å². The van der Waals surface area contributed by atoms with Crippen molar-refractivity contribution in [2.24, 2.45) is 5.73 Å². The molecule has 0 aromatic heterocycles. The summed E-state index contributed by atoms with van der Waals surface area (Å²) in [6.45, 7) is 2.19. The summed E-state index contributed by atoms with van der Waals surface area (Å²) in [6.07, 6.45) is 4.92. The van der Waals surface area contributed by atoms with Crippen molar-refractivity contribution in [2.75, 3.05) is 19.7 Å². The van der Waals surface area contributed by atoms with Crippen LogP contribution >= 0.6 is 0 Å². The molecular formula is C10H20N2O2. The molecule has 1 aliphatic heterocycles. The normalized spacial score (nSPS) is 22.8. The van der Waals surface area contributed by atoms with Gasteiger partial charge in [0.05, 0.1) is 6.04 Å². The third-order valence-corrected chi connectivity index (χ3v) is 2.80. The van der Waals surface area contributed by atoms with Crippen molar-refractivity contribution in [3.05, 3.63) is 0 Å². The van der Waals surface area contributed by atoms with E-state index in [0.717, 1.165) is 45.2 Å². The Kier molecular flexibility index (Phi) is 4.90. The van der Waals surface area contributed by atoms with Crippen LogP contribution in [0.2, 0.25) is 0 Å². The zero-order valence-electron chi connectivity index (χ0n) is 8.61. The molecule has 14 heavy (non-hydrogen) atoms. The number of aliphatic hydroxyl groups is 1. The Morgan fingerprint density at radius 1 is 1.43 bits per heavy atom. The number of hydrogen-bond acceptors (Lipinski definition) is 3. The van der Waals surface area contributed by atoms with Gasteiger partial charge in [-0.15, -0.1) is 0 Å². The molecule has 1 fully saturated rings. The molecule has 3 N–H and O–H groups in total. The zero-order chi connectivity index (χ0) is 10.4. The van der Waals surface area contributed by atoms with Gasteiger partial charge in [-0.1, -0.05) is 0 Å². The molecule has 4 nitrogen and oxygen atoms in total. The Bertz CT molecular complexity index is 185. The van der Waals surface area contributed by atoms with Gasteiger partial charge < -0.3 is 10.8 Å². The SMILES string of the molecule is NC(=O)C1CCCN1CCCCCO. The molecule has 4 heteroatoms. The number of carbonyl (C=O) groups excluding carboxylic acids is 1. The number of unbranched alkanes of at least 4 members (excludes halogenated alkanes) is 2. The lowest BCUT2D eigenvalue weighted by Gasteiger charge is -2.21. The van der Waals surface area contributed by atoms with E-state index < -0.39 is 0 Å². The summed E-state index contributed by atoms with van der Waals surface area (Å²) in [5.41, 5.74) is 5.30. The van der Waals surface area contributed by atoms with E-state index in [9.17, 15) is 4.79 Å². The van der Waals surface area contributed by atoms with E-state index in [4.69, 9.17) is 10.8 Å². The number of nitrogens with zero attached hydrogens (tertiary/aromatic N) is 1. The van der Waals surface area contributed by atoms with Crippen molar-refractivity contribution in [3.8, 4) is 0 Å². The predicted octanol–water partition coefficient (Wildman–Crippen LogP) is 0.0987. The maximum atomic E-state index is 11.0. The second kappa shape index (κ2) is 5.98. The summed E-state index contributed by atoms with van der Waals surface area (Å²) < 4.78 is 0. The van der Waals surface area contributed by atoms with Crippen LogP contribution in [-0.4, -0.2) is 41.7 Å². The quantitative estimate of drug-likeness (QED) is 0.598. The summed E-state index contributed by atoms with van der Waals surface area (Å²) in [4.78, 5) is 13.2. The number of likely N-dealkylation sites (tertiary alicyclic amines) is 1. The number of amides is 1. The zero-order valence-corrected chi connectivity index (χ0v) is 8.61. The van der Waals surface area contributed by atoms with Gasteiger partial charge in [0, 0.05) is 6.61 Å². The molecule has 1 saturated heterocycles. The van der Waals surface area contributed by atoms with Crippen molar-refractivity contribution >= 4 is 5.91 Å². The molecule has 1 heterocycles. The van der Waals surface area contributed by atoms with Crippen LogP contribution in [0, 0.1) is 0 Å². The van der Waals surface area contributed by atoms with Crippen LogP contribution in [-0.2, 0) is 4.79 Å². The lowest BCUT2D eigenvalue weighted by Crippen LogP contribution is -2.40. The Morgan fingerprint density at radius 3 is 2.86 bits per heavy atom. The van der Waals surface area contributed by atoms with E-state index in [1.54, 1.807) is 0 Å². The molecular weight excluding hydrogens is 180 g/mol. The molecule has 1 aliphatic rings. The third-order valence-electron chi connectivity index (χ3n) is 2.80. The first-order valence-electron chi connectivity index (χ1n) is 5.40. The molecule has 0 aromatic carbocycles. The monoisotopic (exact) mass is 200 g/mol. The molecule has 1 atom stereocenters. The van der Waals surface area contributed by atoms with E-state index in [1.165, 1.54) is 0 Å². The lowest BCUT2D eigenvalue weighted by molar-refractivity contribution is -0.122. The maximum absolute atomic E-state index is 11.0. The summed E-state index contributed by atoms with van der Waals surface area (Å²) >= 11 is 0. The van der Waals surface area contributed by atoms with Gasteiger partial charge in [0.2, 0.25) is 5.91 Å². The summed E-state index contributed by atoms with van der Waals surface area (Å²) in [5, 5.41) is 8.61. The van der Waals surface area contributed by atoms with Crippen LogP contribution in [0.4, 0.5) is 0 Å². The molecule has 0 bridgehead atoms. The van der Waals surface area contributed by atoms with Crippen molar-refractivity contribution in [3.63, 3.8) is 0 Å². The number of carbonyl (C=O) groups is 1. The molecule has 0 aromatic rings. The van der Waals surface area contributed by atoms with E-state index in [0.29, 0.717) is 0 Å². The first-order chi connectivity index (χ1) is 6.75. The molecule has 1 unspecified atom stereocenters. The van der Waals surface area contributed by atoms with Crippen LogP contribution in [0.15, 0.2) is 0 Å². The number of aliphatic hydroxyl groups excluding tert-OH is 1. The number of nitrogens with two attached hydrogens (primary N) is 1. The van der Waals surface area contributed by atoms with Crippen molar-refractivity contribution < 1.29 is 9.90 Å². The molecule has 0 radical (unpaired) electrons. The minimum atomic E-state index is -0.190. The van der Waals surface area contributed by atoms with Crippen molar-refractivity contribution in [1.29, 1.82) is 0 Å². The molecule has 0 aliphatic carbocycles. The number of primary amides is 1. The lowest BCUT2D eigenvalue weighted by atomic mass is 10.2. The summed E-state index contributed by atoms with van der Waals surface area (Å²) in [5.74, 6) is -0.190. The minimum Gasteiger partial charge on any atom is -0.396 e. The number of rotatable bonds is 6. The second-order valence-electron chi connectivity index (χ2n) is 3.88. The van der Waals surface area contributed by atoms with Crippen molar-refractivity contribution in [2.45, 2.75) is 38.1 Å². The van der Waals surface area contributed by atoms with Gasteiger partial charge in [0.1, 0.15) is 0 Å². The van der Waals surface area contributed by atoms with E-state index in [1.807, 2.05) is 0 Å². The highest BCUT2D eigenvalue weighted by Crippen LogP contribution is 2.17. The average molecular weight is 200 g/mol. The predicted molar refractivity (Wildman–Crippen MR) is 54.7 cm³/mol. The topological polar surface area (TPSA) is 66.6 Å². The minimum absolute atomic E-state index is 0.0378. The van der Waals surface area contributed by atoms with Crippen LogP contribution in [0.1, 0.15) is 32.1 Å². The molecule has 82 valence electrons. The van der Waals surface area contributed by atoms with Gasteiger partial charge in [0.15, 0.2) is 0 Å². The van der Waals surface area contributed by atoms with Crippen molar-refractivity contribution in [1.82, 2.24) is 4.90 Å². The largest absolute Gasteiger partial charge is 0.396 e. The second-order valence-corrected chi connectivity index (χ2v) is 3.88. The Hall–Kier alpha value is -0.610. The summed E-state index contributed by atoms with van der Waals surface area (Å²) in [7, 11) is 0. The van der Waals surface area contributed by atoms with Crippen LogP contribution < -0.4 is 5.73 Å². The first-order valence-corrected chi connectivity index (χ1v) is 5.40. The highest BCUT2D eigenvalue weighted by atomic mass is 16.2. The first kappa shape index (κ1) is 11.5. The van der Waals surface area contributed by atoms with Gasteiger partial charge >= 0.3 is 0 Å². The van der Waals surface area contributed by atoms with Gasteiger partial charge in [-0.3, -0.25) is 9.69 Å². The van der Waals surface area contributed by atoms with Crippen LogP contribution in [0.3, 0.4) is 0 Å². The summed E-state index contributed by atoms with van der Waals surface area (Å²) in [6, 6.07) is -0.0378. The Labute approximate surface area is 85.1 Å². The average Bonchev–Trinajstić information content (AvgIpc) is 2.60. The maximum Gasteiger partial charge on any atom is 0.234 e. The van der Waals surface area contributed by atoms with Gasteiger partial charge in [0.25, 0.3) is 0 Å². The van der Waals surface area contributed by atoms with E-state index >= 15 is 0 Å². The Morgan fingerprint density at radius 2 is 2.21 bits per heavy atom. The fourth-order valence-electron chi connectivity index (χ4n) is 2.02. The fraction of sp³-hybridized carbons (Fsp3) is 0.900. The molecule has 1 rings (SSSR count). The van der Waals surface area contributed by atoms with Gasteiger partial charge in [-0.05, 0) is 45.2 Å². The molecule has 0 saturated carbocycles. The van der Waals surface area contributed by atoms with Crippen LogP contribution in [0.25, 0.3) is 0 Å². The highest BCUT2D eigenvalue weighted by Gasteiger charge is 2.27. The molecule has 0 spiro atoms. The smallest absolute Gasteiger partial charge is 0.234 e. The molecule has 1 amide bonds. The standard InChI is InChI=1S/C10H20N2O2/c11-10(14)9-5-4-7-12(9)6-2-1-3-8-13/h9,13H,1-8H2,(H2,11,14). The van der Waals surface area contributed by atoms with E-state index in [-0.39, 0.29) is 18.6 Å². The Balaban J connectivity index is 2.19. The van der Waals surface area contributed by atoms with Crippen LogP contribution in [0.5, 0.6) is 0 Å². The third kappa shape index (κ3) is 3.27. The van der Waals surface area contributed by atoms with Gasteiger partial charge in [-0.2, -0.15) is 0 Å². The number of hydrogen-bond donors (Lipinski definition) is 2. The van der Waals surface area contributed by atoms with E-state index in [2.05, 4.69) is 4.90 Å².